The summed E-state index contributed by atoms with van der Waals surface area (Å²) in [5.74, 6) is 0. The molecule has 0 aromatic carbocycles. The van der Waals surface area contributed by atoms with E-state index in [4.69, 9.17) is 4.52 Å². The van der Waals surface area contributed by atoms with Crippen LogP contribution < -0.4 is 0 Å². The van der Waals surface area contributed by atoms with Crippen molar-refractivity contribution >= 4 is 7.82 Å². The number of nitrogens with zero attached hydrogens (tertiary/aromatic N) is 1. The molecule has 14 heavy (non-hydrogen) atoms. The van der Waals surface area contributed by atoms with Crippen LogP contribution in [-0.4, -0.2) is 38.4 Å². The van der Waals surface area contributed by atoms with E-state index < -0.39 is 7.82 Å². The number of hydrogen-bond donors (Lipinski definition) is 0. The largest absolute Gasteiger partial charge is 0.475 e. The van der Waals surface area contributed by atoms with Crippen LogP contribution >= 0.6 is 7.82 Å². The summed E-state index contributed by atoms with van der Waals surface area (Å²) in [7, 11) is -0.750. The zero-order chi connectivity index (χ0) is 11.2. The lowest BCUT2D eigenvalue weighted by Crippen LogP contribution is -2.34. The minimum atomic E-state index is -3.36. The van der Waals surface area contributed by atoms with Crippen molar-refractivity contribution in [3.63, 3.8) is 0 Å². The maximum atomic E-state index is 11.6. The summed E-state index contributed by atoms with van der Waals surface area (Å²) in [6.07, 6.45) is -0.282. The van der Waals surface area contributed by atoms with Gasteiger partial charge in [-0.2, -0.15) is 0 Å². The topological polar surface area (TPSA) is 48.0 Å². The molecule has 6 heteroatoms. The molecule has 0 heterocycles. The van der Waals surface area contributed by atoms with Crippen molar-refractivity contribution in [2.45, 2.75) is 27.0 Å². The number of phosphoric acid groups is 1. The molecule has 0 saturated heterocycles. The fourth-order valence-corrected chi connectivity index (χ4v) is 1.98. The monoisotopic (exact) mass is 225 g/mol. The van der Waals surface area contributed by atoms with E-state index >= 15 is 0 Å². The smallest absolute Gasteiger partial charge is 0.290 e. The van der Waals surface area contributed by atoms with Crippen molar-refractivity contribution in [1.82, 2.24) is 4.90 Å². The molecule has 0 radical (unpaired) electrons. The van der Waals surface area contributed by atoms with Gasteiger partial charge in [0.1, 0.15) is 6.23 Å². The summed E-state index contributed by atoms with van der Waals surface area (Å²) < 4.78 is 26.2. The average Bonchev–Trinajstić information content (AvgIpc) is 2.19. The van der Waals surface area contributed by atoms with Crippen LogP contribution in [0.5, 0.6) is 0 Å². The van der Waals surface area contributed by atoms with E-state index in [9.17, 15) is 4.57 Å². The maximum Gasteiger partial charge on any atom is 0.475 e. The van der Waals surface area contributed by atoms with Gasteiger partial charge in [0.05, 0.1) is 0 Å². The molecular weight excluding hydrogens is 205 g/mol. The molecule has 0 aliphatic rings. The van der Waals surface area contributed by atoms with Gasteiger partial charge in [0.2, 0.25) is 0 Å². The van der Waals surface area contributed by atoms with Gasteiger partial charge in [-0.3, -0.25) is 18.5 Å². The van der Waals surface area contributed by atoms with E-state index in [1.54, 1.807) is 0 Å². The van der Waals surface area contributed by atoms with Crippen molar-refractivity contribution in [3.8, 4) is 0 Å². The van der Waals surface area contributed by atoms with Crippen molar-refractivity contribution in [2.75, 3.05) is 27.3 Å². The van der Waals surface area contributed by atoms with Crippen LogP contribution in [-0.2, 0) is 18.1 Å². The third-order valence-electron chi connectivity index (χ3n) is 2.06. The van der Waals surface area contributed by atoms with Crippen LogP contribution in [0.3, 0.4) is 0 Å². The Hall–Kier alpha value is 0.0700. The Labute approximate surface area is 85.9 Å². The molecule has 86 valence electrons. The first-order valence-electron chi connectivity index (χ1n) is 4.66. The van der Waals surface area contributed by atoms with Crippen LogP contribution in [0, 0.1) is 0 Å². The van der Waals surface area contributed by atoms with E-state index in [-0.39, 0.29) is 6.23 Å². The predicted molar refractivity (Wildman–Crippen MR) is 55.1 cm³/mol. The third-order valence-corrected chi connectivity index (χ3v) is 3.51. The second-order valence-electron chi connectivity index (χ2n) is 2.74. The summed E-state index contributed by atoms with van der Waals surface area (Å²) in [6, 6.07) is 0. The summed E-state index contributed by atoms with van der Waals surface area (Å²) in [6.45, 7) is 7.48. The molecule has 0 aliphatic heterocycles. The normalized spacial score (nSPS) is 14.7. The quantitative estimate of drug-likeness (QED) is 0.490. The molecule has 0 bridgehead atoms. The maximum absolute atomic E-state index is 11.6. The molecule has 1 unspecified atom stereocenters. The van der Waals surface area contributed by atoms with Crippen LogP contribution in [0.1, 0.15) is 20.8 Å². The Morgan fingerprint density at radius 2 is 1.64 bits per heavy atom. The summed E-state index contributed by atoms with van der Waals surface area (Å²) in [5.41, 5.74) is 0. The SMILES string of the molecule is CCN(CC)C(C)OP(=O)(OC)OC. The summed E-state index contributed by atoms with van der Waals surface area (Å²) >= 11 is 0. The van der Waals surface area contributed by atoms with Gasteiger partial charge in [0, 0.05) is 14.2 Å². The number of hydrogen-bond acceptors (Lipinski definition) is 5. The molecule has 0 rings (SSSR count). The highest BCUT2D eigenvalue weighted by Crippen LogP contribution is 2.48. The van der Waals surface area contributed by atoms with E-state index in [1.807, 2.05) is 25.7 Å². The molecule has 0 amide bonds. The van der Waals surface area contributed by atoms with Crippen LogP contribution in [0.4, 0.5) is 0 Å². The van der Waals surface area contributed by atoms with Crippen molar-refractivity contribution < 1.29 is 18.1 Å². The van der Waals surface area contributed by atoms with Gasteiger partial charge in [-0.05, 0) is 20.0 Å². The molecule has 0 aliphatic carbocycles. The molecular formula is C8H20NO4P. The van der Waals surface area contributed by atoms with Crippen LogP contribution in [0.2, 0.25) is 0 Å². The predicted octanol–water partition coefficient (Wildman–Crippen LogP) is 2.09. The lowest BCUT2D eigenvalue weighted by Gasteiger charge is -2.27. The first kappa shape index (κ1) is 14.1. The van der Waals surface area contributed by atoms with Gasteiger partial charge in [-0.25, -0.2) is 4.57 Å². The van der Waals surface area contributed by atoms with Crippen LogP contribution in [0.25, 0.3) is 0 Å². The minimum Gasteiger partial charge on any atom is -0.290 e. The Morgan fingerprint density at radius 3 is 1.93 bits per heavy atom. The first-order chi connectivity index (χ1) is 6.52. The summed E-state index contributed by atoms with van der Waals surface area (Å²) in [5, 5.41) is 0. The average molecular weight is 225 g/mol. The van der Waals surface area contributed by atoms with Gasteiger partial charge in [-0.1, -0.05) is 13.8 Å². The molecule has 0 N–H and O–H groups in total. The molecule has 0 aromatic rings. The van der Waals surface area contributed by atoms with Gasteiger partial charge in [0.15, 0.2) is 0 Å². The van der Waals surface area contributed by atoms with Gasteiger partial charge >= 0.3 is 7.82 Å². The fraction of sp³-hybridized carbons (Fsp3) is 1.00. The van der Waals surface area contributed by atoms with E-state index in [1.165, 1.54) is 14.2 Å². The second kappa shape index (κ2) is 6.53. The Bertz CT molecular complexity index is 188. The highest BCUT2D eigenvalue weighted by Gasteiger charge is 2.27. The van der Waals surface area contributed by atoms with Crippen molar-refractivity contribution in [3.05, 3.63) is 0 Å². The highest BCUT2D eigenvalue weighted by molar-refractivity contribution is 7.48. The zero-order valence-corrected chi connectivity index (χ0v) is 10.4. The van der Waals surface area contributed by atoms with Gasteiger partial charge < -0.3 is 0 Å². The van der Waals surface area contributed by atoms with Gasteiger partial charge in [0.25, 0.3) is 0 Å². The molecule has 5 nitrogen and oxygen atoms in total. The van der Waals surface area contributed by atoms with Crippen molar-refractivity contribution in [2.24, 2.45) is 0 Å². The van der Waals surface area contributed by atoms with Gasteiger partial charge in [-0.15, -0.1) is 0 Å². The van der Waals surface area contributed by atoms with Crippen LogP contribution in [0.15, 0.2) is 0 Å². The Morgan fingerprint density at radius 1 is 1.21 bits per heavy atom. The molecule has 1 atom stereocenters. The van der Waals surface area contributed by atoms with E-state index in [0.717, 1.165) is 13.1 Å². The van der Waals surface area contributed by atoms with E-state index in [0.29, 0.717) is 0 Å². The fourth-order valence-electron chi connectivity index (χ4n) is 1.15. The Balaban J connectivity index is 4.28. The lowest BCUT2D eigenvalue weighted by molar-refractivity contribution is 0.0129. The third kappa shape index (κ3) is 4.07. The minimum absolute atomic E-state index is 0.282. The van der Waals surface area contributed by atoms with E-state index in [2.05, 4.69) is 9.05 Å². The van der Waals surface area contributed by atoms with Crippen molar-refractivity contribution in [1.29, 1.82) is 0 Å². The first-order valence-corrected chi connectivity index (χ1v) is 6.13. The highest BCUT2D eigenvalue weighted by atomic mass is 31.2. The molecule has 0 saturated carbocycles. The molecule has 0 fully saturated rings. The standard InChI is InChI=1S/C8H20NO4P/c1-6-9(7-2)8(3)13-14(10,11-4)12-5/h8H,6-7H2,1-5H3. The molecule has 0 spiro atoms. The number of phosphoric ester groups is 1. The lowest BCUT2D eigenvalue weighted by atomic mass is 10.5. The number of rotatable bonds is 7. The molecule has 0 aromatic heterocycles. The summed E-state index contributed by atoms with van der Waals surface area (Å²) in [4.78, 5) is 2.00. The Kier molecular flexibility index (Phi) is 6.57. The zero-order valence-electron chi connectivity index (χ0n) is 9.52. The second-order valence-corrected chi connectivity index (χ2v) is 4.57.